The van der Waals surface area contributed by atoms with Crippen molar-refractivity contribution in [1.82, 2.24) is 24.4 Å². The van der Waals surface area contributed by atoms with Gasteiger partial charge < -0.3 is 4.90 Å². The molecule has 2 aliphatic rings. The van der Waals surface area contributed by atoms with E-state index < -0.39 is 6.17 Å². The van der Waals surface area contributed by atoms with Gasteiger partial charge in [-0.1, -0.05) is 17.7 Å². The maximum Gasteiger partial charge on any atom is 0.183 e. The number of halogens is 1. The Morgan fingerprint density at radius 3 is 3.00 bits per heavy atom. The van der Waals surface area contributed by atoms with Crippen molar-refractivity contribution >= 4 is 11.5 Å². The maximum atomic E-state index is 14.7. The van der Waals surface area contributed by atoms with Gasteiger partial charge >= 0.3 is 0 Å². The molecule has 1 aliphatic carbocycles. The molecule has 0 N–H and O–H groups in total. The van der Waals surface area contributed by atoms with E-state index in [4.69, 9.17) is 10.2 Å². The van der Waals surface area contributed by atoms with Crippen LogP contribution in [0.2, 0.25) is 0 Å². The first-order chi connectivity index (χ1) is 14.1. The topological polar surface area (TPSA) is 75.0 Å². The average molecular weight is 389 g/mol. The van der Waals surface area contributed by atoms with Crippen LogP contribution in [0.3, 0.4) is 0 Å². The van der Waals surface area contributed by atoms with Gasteiger partial charge in [-0.3, -0.25) is 0 Å². The second kappa shape index (κ2) is 6.85. The molecule has 3 aromatic heterocycles. The standard InChI is InChI=1S/C21H20FN7/c1-14-4-5-17(22)16(9-14)18-3-2-7-27(18)20-6-8-28-21(26-20)19(12-25-28)29-13-15(10-23)11-24-29/h4,6,8-9,11-13,17-18H,2-3,5,7H2,1H3/t17?,18-/m1/s1. The summed E-state index contributed by atoms with van der Waals surface area (Å²) in [4.78, 5) is 7.03. The molecule has 0 spiro atoms. The second-order valence-corrected chi connectivity index (χ2v) is 7.52. The summed E-state index contributed by atoms with van der Waals surface area (Å²) in [6.45, 7) is 2.86. The number of aromatic nitrogens is 5. The molecular formula is C21H20FN7. The van der Waals surface area contributed by atoms with E-state index in [1.54, 1.807) is 21.6 Å². The Balaban J connectivity index is 1.54. The van der Waals surface area contributed by atoms with Crippen LogP contribution in [0.4, 0.5) is 10.2 Å². The predicted molar refractivity (Wildman–Crippen MR) is 107 cm³/mol. The number of hydrogen-bond acceptors (Lipinski definition) is 5. The Kier molecular flexibility index (Phi) is 4.16. The molecule has 8 heteroatoms. The Morgan fingerprint density at radius 2 is 2.17 bits per heavy atom. The van der Waals surface area contributed by atoms with Crippen LogP contribution in [-0.2, 0) is 0 Å². The van der Waals surface area contributed by atoms with Crippen molar-refractivity contribution in [1.29, 1.82) is 5.26 Å². The van der Waals surface area contributed by atoms with Crippen LogP contribution in [-0.4, -0.2) is 43.1 Å². The van der Waals surface area contributed by atoms with Crippen LogP contribution >= 0.6 is 0 Å². The first-order valence-corrected chi connectivity index (χ1v) is 9.72. The van der Waals surface area contributed by atoms with Crippen molar-refractivity contribution in [3.63, 3.8) is 0 Å². The summed E-state index contributed by atoms with van der Waals surface area (Å²) in [7, 11) is 0. The molecule has 0 radical (unpaired) electrons. The molecule has 0 amide bonds. The molecule has 4 heterocycles. The lowest BCUT2D eigenvalue weighted by Gasteiger charge is -2.30. The fourth-order valence-corrected chi connectivity index (χ4v) is 4.21. The van der Waals surface area contributed by atoms with E-state index in [1.165, 1.54) is 6.20 Å². The Labute approximate surface area is 167 Å². The number of rotatable bonds is 3. The molecule has 0 aromatic carbocycles. The number of allylic oxidation sites excluding steroid dienone is 3. The number of fused-ring (bicyclic) bond motifs is 1. The van der Waals surface area contributed by atoms with E-state index in [1.807, 2.05) is 31.3 Å². The molecule has 146 valence electrons. The molecule has 5 rings (SSSR count). The Bertz CT molecular complexity index is 1180. The van der Waals surface area contributed by atoms with Gasteiger partial charge in [-0.15, -0.1) is 0 Å². The summed E-state index contributed by atoms with van der Waals surface area (Å²) in [5.41, 5.74) is 3.79. The molecule has 7 nitrogen and oxygen atoms in total. The Morgan fingerprint density at radius 1 is 1.28 bits per heavy atom. The summed E-state index contributed by atoms with van der Waals surface area (Å²) in [6.07, 6.45) is 12.1. The lowest BCUT2D eigenvalue weighted by Crippen LogP contribution is -2.35. The fraction of sp³-hybridized carbons (Fsp3) is 0.333. The van der Waals surface area contributed by atoms with Gasteiger partial charge in [0, 0.05) is 25.4 Å². The van der Waals surface area contributed by atoms with E-state index in [0.717, 1.165) is 36.4 Å². The summed E-state index contributed by atoms with van der Waals surface area (Å²) < 4.78 is 18.0. The zero-order valence-electron chi connectivity index (χ0n) is 16.0. The number of hydrogen-bond donors (Lipinski definition) is 0. The second-order valence-electron chi connectivity index (χ2n) is 7.52. The lowest BCUT2D eigenvalue weighted by molar-refractivity contribution is 0.364. The van der Waals surface area contributed by atoms with Crippen molar-refractivity contribution in [3.05, 3.63) is 59.7 Å². The van der Waals surface area contributed by atoms with Gasteiger partial charge in [0.1, 0.15) is 23.7 Å². The first kappa shape index (κ1) is 17.6. The minimum Gasteiger partial charge on any atom is -0.350 e. The van der Waals surface area contributed by atoms with Gasteiger partial charge in [0.05, 0.1) is 24.0 Å². The summed E-state index contributed by atoms with van der Waals surface area (Å²) >= 11 is 0. The minimum absolute atomic E-state index is 0.0184. The number of alkyl halides is 1. The third-order valence-corrected chi connectivity index (χ3v) is 5.63. The number of nitrogens with zero attached hydrogens (tertiary/aromatic N) is 7. The maximum absolute atomic E-state index is 14.7. The Hall–Kier alpha value is -3.47. The van der Waals surface area contributed by atoms with Crippen LogP contribution in [0, 0.1) is 11.3 Å². The third-order valence-electron chi connectivity index (χ3n) is 5.63. The molecule has 2 atom stereocenters. The van der Waals surface area contributed by atoms with Gasteiger partial charge in [0.15, 0.2) is 5.65 Å². The molecular weight excluding hydrogens is 369 g/mol. The third kappa shape index (κ3) is 2.99. The van der Waals surface area contributed by atoms with E-state index >= 15 is 0 Å². The van der Waals surface area contributed by atoms with Crippen LogP contribution in [0.15, 0.2) is 54.2 Å². The average Bonchev–Trinajstić information content (AvgIpc) is 3.47. The van der Waals surface area contributed by atoms with Crippen molar-refractivity contribution in [3.8, 4) is 11.8 Å². The summed E-state index contributed by atoms with van der Waals surface area (Å²) in [5, 5.41) is 17.6. The predicted octanol–water partition coefficient (Wildman–Crippen LogP) is 3.37. The smallest absolute Gasteiger partial charge is 0.183 e. The van der Waals surface area contributed by atoms with E-state index in [0.29, 0.717) is 23.3 Å². The largest absolute Gasteiger partial charge is 0.350 e. The molecule has 1 unspecified atom stereocenters. The quantitative estimate of drug-likeness (QED) is 0.687. The van der Waals surface area contributed by atoms with Crippen molar-refractivity contribution in [2.75, 3.05) is 11.4 Å². The van der Waals surface area contributed by atoms with Crippen LogP contribution in [0.25, 0.3) is 11.3 Å². The molecule has 1 aliphatic heterocycles. The fourth-order valence-electron chi connectivity index (χ4n) is 4.21. The molecule has 0 saturated carbocycles. The monoisotopic (exact) mass is 389 g/mol. The molecule has 1 saturated heterocycles. The van der Waals surface area contributed by atoms with Crippen LogP contribution < -0.4 is 4.90 Å². The zero-order chi connectivity index (χ0) is 20.0. The van der Waals surface area contributed by atoms with Crippen molar-refractivity contribution < 1.29 is 4.39 Å². The first-order valence-electron chi connectivity index (χ1n) is 9.72. The van der Waals surface area contributed by atoms with Gasteiger partial charge in [-0.2, -0.15) is 15.5 Å². The van der Waals surface area contributed by atoms with Crippen molar-refractivity contribution in [2.45, 2.75) is 38.4 Å². The normalized spacial score (nSPS) is 21.9. The lowest BCUT2D eigenvalue weighted by atomic mass is 9.91. The van der Waals surface area contributed by atoms with Crippen LogP contribution in [0.5, 0.6) is 0 Å². The van der Waals surface area contributed by atoms with E-state index in [2.05, 4.69) is 21.2 Å². The SMILES string of the molecule is CC1=CCC(F)C([C@H]2CCCN2c2ccn3ncc(-n4cc(C#N)cn4)c3n2)=C1. The van der Waals surface area contributed by atoms with Gasteiger partial charge in [-0.25, -0.2) is 18.6 Å². The van der Waals surface area contributed by atoms with Crippen molar-refractivity contribution in [2.24, 2.45) is 0 Å². The minimum atomic E-state index is -0.938. The zero-order valence-corrected chi connectivity index (χ0v) is 16.0. The number of anilines is 1. The molecule has 0 bridgehead atoms. The molecule has 29 heavy (non-hydrogen) atoms. The highest BCUT2D eigenvalue weighted by atomic mass is 19.1. The van der Waals surface area contributed by atoms with E-state index in [9.17, 15) is 4.39 Å². The molecule has 3 aromatic rings. The number of nitriles is 1. The molecule has 1 fully saturated rings. The van der Waals surface area contributed by atoms with Gasteiger partial charge in [0.25, 0.3) is 0 Å². The highest BCUT2D eigenvalue weighted by Gasteiger charge is 2.33. The highest BCUT2D eigenvalue weighted by Crippen LogP contribution is 2.34. The van der Waals surface area contributed by atoms with E-state index in [-0.39, 0.29) is 6.04 Å². The van der Waals surface area contributed by atoms with Gasteiger partial charge in [0.2, 0.25) is 0 Å². The van der Waals surface area contributed by atoms with Gasteiger partial charge in [-0.05, 0) is 31.4 Å². The highest BCUT2D eigenvalue weighted by molar-refractivity contribution is 5.61. The van der Waals surface area contributed by atoms with Crippen LogP contribution in [0.1, 0.15) is 31.7 Å². The summed E-state index contributed by atoms with van der Waals surface area (Å²) in [5.74, 6) is 0.801. The summed E-state index contributed by atoms with van der Waals surface area (Å²) in [6, 6.07) is 4.02.